The normalized spacial score (nSPS) is 18.1. The SMILES string of the molecule is C=CC(=O)N1CCC(C[C@H](CC(=O)OC(C)(C)C)C(=O)O)CC1.CC(C)(C)OC(=O)C[C@@H](CC1CCNCC1)C(=O)O. The van der Waals surface area contributed by atoms with Crippen molar-refractivity contribution in [2.24, 2.45) is 23.7 Å². The van der Waals surface area contributed by atoms with Gasteiger partial charge in [-0.2, -0.15) is 0 Å². The maximum absolute atomic E-state index is 11.8. The lowest BCUT2D eigenvalue weighted by Crippen LogP contribution is -2.38. The summed E-state index contributed by atoms with van der Waals surface area (Å²) in [5.41, 5.74) is -1.18. The molecule has 11 nitrogen and oxygen atoms in total. The van der Waals surface area contributed by atoms with Gasteiger partial charge in [-0.3, -0.25) is 24.0 Å². The van der Waals surface area contributed by atoms with Crippen LogP contribution in [0.4, 0.5) is 0 Å². The lowest BCUT2D eigenvalue weighted by molar-refractivity contribution is -0.160. The number of carbonyl (C=O) groups is 5. The lowest BCUT2D eigenvalue weighted by atomic mass is 9.85. The van der Waals surface area contributed by atoms with E-state index in [1.807, 2.05) is 0 Å². The number of piperidine rings is 2. The van der Waals surface area contributed by atoms with E-state index in [9.17, 15) is 34.2 Å². The first-order chi connectivity index (χ1) is 19.4. The van der Waals surface area contributed by atoms with Gasteiger partial charge in [-0.25, -0.2) is 0 Å². The molecule has 2 aliphatic rings. The maximum atomic E-state index is 11.8. The van der Waals surface area contributed by atoms with Gasteiger partial charge in [0.25, 0.3) is 0 Å². The number of rotatable bonds is 11. The molecule has 2 atom stereocenters. The fraction of sp³-hybridized carbons (Fsp3) is 0.774. The molecule has 2 heterocycles. The number of nitrogens with one attached hydrogen (secondary N) is 1. The predicted molar refractivity (Wildman–Crippen MR) is 158 cm³/mol. The van der Waals surface area contributed by atoms with E-state index in [4.69, 9.17) is 9.47 Å². The van der Waals surface area contributed by atoms with E-state index in [2.05, 4.69) is 11.9 Å². The van der Waals surface area contributed by atoms with E-state index >= 15 is 0 Å². The highest BCUT2D eigenvalue weighted by Gasteiger charge is 2.31. The molecule has 0 saturated carbocycles. The van der Waals surface area contributed by atoms with Gasteiger partial charge < -0.3 is 29.9 Å². The topological polar surface area (TPSA) is 160 Å². The van der Waals surface area contributed by atoms with Crippen molar-refractivity contribution in [3.05, 3.63) is 12.7 Å². The third-order valence-corrected chi connectivity index (χ3v) is 7.16. The van der Waals surface area contributed by atoms with E-state index in [-0.39, 0.29) is 24.7 Å². The van der Waals surface area contributed by atoms with Gasteiger partial charge >= 0.3 is 23.9 Å². The molecule has 11 heteroatoms. The van der Waals surface area contributed by atoms with Gasteiger partial charge in [0.05, 0.1) is 24.7 Å². The van der Waals surface area contributed by atoms with E-state index in [0.29, 0.717) is 31.8 Å². The van der Waals surface area contributed by atoms with Crippen LogP contribution in [-0.4, -0.2) is 82.3 Å². The largest absolute Gasteiger partial charge is 0.481 e. The maximum Gasteiger partial charge on any atom is 0.307 e. The first-order valence-corrected chi connectivity index (χ1v) is 14.9. The van der Waals surface area contributed by atoms with Crippen molar-refractivity contribution in [1.29, 1.82) is 0 Å². The molecule has 0 unspecified atom stereocenters. The van der Waals surface area contributed by atoms with E-state index in [0.717, 1.165) is 38.8 Å². The number of aliphatic carboxylic acids is 2. The molecule has 42 heavy (non-hydrogen) atoms. The van der Waals surface area contributed by atoms with Crippen LogP contribution in [0.1, 0.15) is 92.9 Å². The number of hydrogen-bond acceptors (Lipinski definition) is 8. The summed E-state index contributed by atoms with van der Waals surface area (Å²) in [5.74, 6) is -3.64. The zero-order chi connectivity index (χ0) is 32.1. The Morgan fingerprint density at radius 1 is 0.786 bits per heavy atom. The van der Waals surface area contributed by atoms with Crippen LogP contribution in [-0.2, 0) is 33.4 Å². The third kappa shape index (κ3) is 15.9. The second-order valence-corrected chi connectivity index (χ2v) is 13.3. The van der Waals surface area contributed by atoms with Crippen molar-refractivity contribution >= 4 is 29.8 Å². The van der Waals surface area contributed by atoms with Crippen LogP contribution in [0.5, 0.6) is 0 Å². The Morgan fingerprint density at radius 3 is 1.50 bits per heavy atom. The number of carbonyl (C=O) groups excluding carboxylic acids is 3. The second kappa shape index (κ2) is 17.2. The Hall–Kier alpha value is -2.95. The van der Waals surface area contributed by atoms with Crippen molar-refractivity contribution in [2.75, 3.05) is 26.2 Å². The number of likely N-dealkylation sites (tertiary alicyclic amines) is 1. The van der Waals surface area contributed by atoms with Crippen molar-refractivity contribution in [3.63, 3.8) is 0 Å². The van der Waals surface area contributed by atoms with Gasteiger partial charge in [0.2, 0.25) is 5.91 Å². The molecule has 0 radical (unpaired) electrons. The van der Waals surface area contributed by atoms with E-state index in [1.165, 1.54) is 6.08 Å². The summed E-state index contributed by atoms with van der Waals surface area (Å²) in [5, 5.41) is 21.8. The Morgan fingerprint density at radius 2 is 1.17 bits per heavy atom. The molecule has 2 saturated heterocycles. The molecular formula is C31H52N2O9. The van der Waals surface area contributed by atoms with Gasteiger partial charge in [0.1, 0.15) is 11.2 Å². The quantitative estimate of drug-likeness (QED) is 0.235. The average Bonchev–Trinajstić information content (AvgIpc) is 2.86. The molecule has 240 valence electrons. The first-order valence-electron chi connectivity index (χ1n) is 14.9. The summed E-state index contributed by atoms with van der Waals surface area (Å²) in [6.45, 7) is 17.2. The monoisotopic (exact) mass is 596 g/mol. The van der Waals surface area contributed by atoms with Crippen LogP contribution in [0.15, 0.2) is 12.7 Å². The Kier molecular flexibility index (Phi) is 15.2. The zero-order valence-electron chi connectivity index (χ0n) is 26.3. The van der Waals surface area contributed by atoms with Crippen molar-refractivity contribution in [1.82, 2.24) is 10.2 Å². The van der Waals surface area contributed by atoms with Gasteiger partial charge in [0.15, 0.2) is 0 Å². The number of amides is 1. The number of ether oxygens (including phenoxy) is 2. The summed E-state index contributed by atoms with van der Waals surface area (Å²) < 4.78 is 10.4. The minimum atomic E-state index is -0.972. The average molecular weight is 597 g/mol. The fourth-order valence-corrected chi connectivity index (χ4v) is 5.15. The van der Waals surface area contributed by atoms with E-state index < -0.39 is 46.9 Å². The minimum absolute atomic E-state index is 0.0312. The highest BCUT2D eigenvalue weighted by molar-refractivity contribution is 5.87. The summed E-state index contributed by atoms with van der Waals surface area (Å²) in [6, 6.07) is 0. The van der Waals surface area contributed by atoms with Gasteiger partial charge in [-0.1, -0.05) is 6.58 Å². The first kappa shape index (κ1) is 37.1. The highest BCUT2D eigenvalue weighted by Crippen LogP contribution is 2.27. The third-order valence-electron chi connectivity index (χ3n) is 7.16. The molecule has 0 aromatic carbocycles. The van der Waals surface area contributed by atoms with Crippen LogP contribution in [0, 0.1) is 23.7 Å². The van der Waals surface area contributed by atoms with Crippen LogP contribution in [0.25, 0.3) is 0 Å². The number of carboxylic acids is 2. The molecule has 2 aliphatic heterocycles. The fourth-order valence-electron chi connectivity index (χ4n) is 5.15. The Labute approximate surface area is 250 Å². The molecule has 0 aromatic heterocycles. The highest BCUT2D eigenvalue weighted by atomic mass is 16.6. The van der Waals surface area contributed by atoms with Crippen LogP contribution >= 0.6 is 0 Å². The van der Waals surface area contributed by atoms with Crippen LogP contribution < -0.4 is 5.32 Å². The smallest absolute Gasteiger partial charge is 0.307 e. The zero-order valence-corrected chi connectivity index (χ0v) is 26.3. The van der Waals surface area contributed by atoms with E-state index in [1.54, 1.807) is 46.4 Å². The lowest BCUT2D eigenvalue weighted by Gasteiger charge is -2.32. The van der Waals surface area contributed by atoms with Crippen molar-refractivity contribution in [2.45, 2.75) is 104 Å². The second-order valence-electron chi connectivity index (χ2n) is 13.3. The number of esters is 2. The summed E-state index contributed by atoms with van der Waals surface area (Å²) in [7, 11) is 0. The molecule has 3 N–H and O–H groups in total. The van der Waals surface area contributed by atoms with Crippen LogP contribution in [0.2, 0.25) is 0 Å². The number of nitrogens with zero attached hydrogens (tertiary/aromatic N) is 1. The molecule has 2 fully saturated rings. The molecule has 0 aromatic rings. The van der Waals surface area contributed by atoms with Crippen molar-refractivity contribution in [3.8, 4) is 0 Å². The number of hydrogen-bond donors (Lipinski definition) is 3. The standard InChI is InChI=1S/C17H27NO5.C14H25NO4/c1-5-14(19)18-8-6-12(7-9-18)10-13(16(21)22)11-15(20)23-17(2,3)4;1-14(2,3)19-12(16)9-11(13(17)18)8-10-4-6-15-7-5-10/h5,12-13H,1,6-11H2,2-4H3,(H,21,22);10-11,15H,4-9H2,1-3H3,(H,17,18)/t13-;11-/m11/s1. The molecule has 0 spiro atoms. The van der Waals surface area contributed by atoms with Crippen molar-refractivity contribution < 1.29 is 43.7 Å². The molecule has 1 amide bonds. The molecule has 2 rings (SSSR count). The Bertz CT molecular complexity index is 922. The molecular weight excluding hydrogens is 544 g/mol. The molecule has 0 bridgehead atoms. The summed E-state index contributed by atoms with van der Waals surface area (Å²) >= 11 is 0. The summed E-state index contributed by atoms with van der Waals surface area (Å²) in [6.07, 6.45) is 5.62. The molecule has 0 aliphatic carbocycles. The Balaban J connectivity index is 0.000000428. The van der Waals surface area contributed by atoms with Crippen LogP contribution in [0.3, 0.4) is 0 Å². The predicted octanol–water partition coefficient (Wildman–Crippen LogP) is 4.04. The minimum Gasteiger partial charge on any atom is -0.481 e. The van der Waals surface area contributed by atoms with Gasteiger partial charge in [-0.15, -0.1) is 0 Å². The van der Waals surface area contributed by atoms with Gasteiger partial charge in [-0.05, 0) is 111 Å². The number of carboxylic acid groups (broad SMARTS) is 2. The van der Waals surface area contributed by atoms with Gasteiger partial charge in [0, 0.05) is 13.1 Å². The summed E-state index contributed by atoms with van der Waals surface area (Å²) in [4.78, 5) is 59.5.